The normalized spacial score (nSPS) is 20.4. The molecule has 0 radical (unpaired) electrons. The highest BCUT2D eigenvalue weighted by Gasteiger charge is 2.42. The van der Waals surface area contributed by atoms with E-state index in [1.165, 1.54) is 18.2 Å². The lowest BCUT2D eigenvalue weighted by molar-refractivity contribution is -0.384. The van der Waals surface area contributed by atoms with Crippen LogP contribution in [-0.2, 0) is 30.2 Å². The number of nitro groups is 1. The SMILES string of the molecule is CCOC(=O)C1C(C)=NC(C)=C(C(=O)OCCc2ccc(OCC3CO3)cc2)C1c1cccc([N+](=O)[O-])c1. The molecule has 2 aromatic carbocycles. The average Bonchev–Trinajstić information content (AvgIpc) is 3.72. The molecule has 0 spiro atoms. The molecular formula is C28H30N2O8. The summed E-state index contributed by atoms with van der Waals surface area (Å²) in [5.74, 6) is -2.21. The van der Waals surface area contributed by atoms with Gasteiger partial charge in [0.25, 0.3) is 5.69 Å². The lowest BCUT2D eigenvalue weighted by Crippen LogP contribution is -2.36. The van der Waals surface area contributed by atoms with Gasteiger partial charge in [-0.15, -0.1) is 0 Å². The Balaban J connectivity index is 1.52. The first-order valence-electron chi connectivity index (χ1n) is 12.5. The number of hydrogen-bond acceptors (Lipinski definition) is 9. The van der Waals surface area contributed by atoms with Crippen molar-refractivity contribution in [3.63, 3.8) is 0 Å². The molecule has 10 nitrogen and oxygen atoms in total. The Morgan fingerprint density at radius 2 is 1.87 bits per heavy atom. The highest BCUT2D eigenvalue weighted by molar-refractivity contribution is 6.07. The van der Waals surface area contributed by atoms with Crippen molar-refractivity contribution in [3.8, 4) is 5.75 Å². The molecule has 1 fully saturated rings. The predicted octanol–water partition coefficient (Wildman–Crippen LogP) is 4.17. The summed E-state index contributed by atoms with van der Waals surface area (Å²) in [5.41, 5.74) is 2.28. The van der Waals surface area contributed by atoms with Crippen molar-refractivity contribution in [3.05, 3.63) is 81.0 Å². The van der Waals surface area contributed by atoms with Crippen LogP contribution in [0.5, 0.6) is 5.75 Å². The van der Waals surface area contributed by atoms with E-state index in [1.54, 1.807) is 26.8 Å². The predicted molar refractivity (Wildman–Crippen MR) is 138 cm³/mol. The van der Waals surface area contributed by atoms with Gasteiger partial charge in [0.1, 0.15) is 24.4 Å². The van der Waals surface area contributed by atoms with Crippen molar-refractivity contribution >= 4 is 23.3 Å². The molecule has 0 saturated carbocycles. The van der Waals surface area contributed by atoms with Crippen LogP contribution in [0.15, 0.2) is 64.8 Å². The van der Waals surface area contributed by atoms with Gasteiger partial charge in [-0.1, -0.05) is 24.3 Å². The van der Waals surface area contributed by atoms with E-state index in [-0.39, 0.29) is 30.6 Å². The minimum atomic E-state index is -0.920. The largest absolute Gasteiger partial charge is 0.491 e. The Hall–Kier alpha value is -4.05. The third-order valence-corrected chi connectivity index (χ3v) is 6.41. The van der Waals surface area contributed by atoms with E-state index in [4.69, 9.17) is 18.9 Å². The van der Waals surface area contributed by atoms with Crippen molar-refractivity contribution in [2.75, 3.05) is 26.4 Å². The van der Waals surface area contributed by atoms with Crippen molar-refractivity contribution in [1.29, 1.82) is 0 Å². The third-order valence-electron chi connectivity index (χ3n) is 6.41. The van der Waals surface area contributed by atoms with Crippen LogP contribution < -0.4 is 4.74 Å². The van der Waals surface area contributed by atoms with Gasteiger partial charge in [0.2, 0.25) is 0 Å². The molecule has 1 saturated heterocycles. The summed E-state index contributed by atoms with van der Waals surface area (Å²) >= 11 is 0. The van der Waals surface area contributed by atoms with Crippen molar-refractivity contribution in [2.24, 2.45) is 10.9 Å². The molecule has 38 heavy (non-hydrogen) atoms. The summed E-state index contributed by atoms with van der Waals surface area (Å²) in [6.45, 7) is 6.52. The van der Waals surface area contributed by atoms with Crippen molar-refractivity contribution in [1.82, 2.24) is 0 Å². The fourth-order valence-corrected chi connectivity index (χ4v) is 4.48. The number of aliphatic imine (C=N–C) groups is 1. The minimum Gasteiger partial charge on any atom is -0.491 e. The number of rotatable bonds is 11. The van der Waals surface area contributed by atoms with E-state index in [1.807, 2.05) is 24.3 Å². The number of ether oxygens (including phenoxy) is 4. The standard InChI is InChI=1S/C28H30N2O8/c1-4-35-27(31)24-17(2)29-18(3)25(26(24)20-6-5-7-21(14-20)30(33)34)28(32)36-13-12-19-8-10-22(11-9-19)37-15-23-16-38-23/h5-11,14,23-24,26H,4,12-13,15-16H2,1-3H3. The number of esters is 2. The van der Waals surface area contributed by atoms with Crippen molar-refractivity contribution < 1.29 is 33.5 Å². The molecular weight excluding hydrogens is 492 g/mol. The first-order valence-corrected chi connectivity index (χ1v) is 12.5. The Kier molecular flexibility index (Phi) is 8.52. The second kappa shape index (κ2) is 12.0. The highest BCUT2D eigenvalue weighted by atomic mass is 16.6. The summed E-state index contributed by atoms with van der Waals surface area (Å²) in [4.78, 5) is 41.7. The van der Waals surface area contributed by atoms with E-state index in [2.05, 4.69) is 4.99 Å². The van der Waals surface area contributed by atoms with Crippen LogP contribution in [-0.4, -0.2) is 55.1 Å². The second-order valence-electron chi connectivity index (χ2n) is 9.11. The molecule has 0 aliphatic carbocycles. The number of nitro benzene ring substituents is 1. The number of epoxide rings is 1. The summed E-state index contributed by atoms with van der Waals surface area (Å²) in [6.07, 6.45) is 0.642. The molecule has 0 bridgehead atoms. The maximum atomic E-state index is 13.4. The Morgan fingerprint density at radius 1 is 1.13 bits per heavy atom. The van der Waals surface area contributed by atoms with Gasteiger partial charge in [0, 0.05) is 35.9 Å². The van der Waals surface area contributed by atoms with Crippen LogP contribution >= 0.6 is 0 Å². The maximum absolute atomic E-state index is 13.4. The number of non-ortho nitro benzene ring substituents is 1. The van der Waals surface area contributed by atoms with Crippen LogP contribution in [0.1, 0.15) is 37.8 Å². The Bertz CT molecular complexity index is 1260. The van der Waals surface area contributed by atoms with Crippen LogP contribution in [0.25, 0.3) is 0 Å². The van der Waals surface area contributed by atoms with Gasteiger partial charge in [0.15, 0.2) is 0 Å². The third kappa shape index (κ3) is 6.44. The summed E-state index contributed by atoms with van der Waals surface area (Å²) in [5, 5.41) is 11.4. The van der Waals surface area contributed by atoms with Gasteiger partial charge < -0.3 is 18.9 Å². The monoisotopic (exact) mass is 522 g/mol. The van der Waals surface area contributed by atoms with Gasteiger partial charge in [-0.3, -0.25) is 19.9 Å². The smallest absolute Gasteiger partial charge is 0.336 e. The van der Waals surface area contributed by atoms with Crippen molar-refractivity contribution in [2.45, 2.75) is 39.2 Å². The number of nitrogens with zero attached hydrogens (tertiary/aromatic N) is 2. The fourth-order valence-electron chi connectivity index (χ4n) is 4.48. The van der Waals surface area contributed by atoms with E-state index in [9.17, 15) is 19.7 Å². The summed E-state index contributed by atoms with van der Waals surface area (Å²) in [6, 6.07) is 13.4. The van der Waals surface area contributed by atoms with Crippen LogP contribution in [0.3, 0.4) is 0 Å². The number of benzene rings is 2. The van der Waals surface area contributed by atoms with E-state index in [0.717, 1.165) is 17.9 Å². The molecule has 0 N–H and O–H groups in total. The van der Waals surface area contributed by atoms with Crippen LogP contribution in [0.4, 0.5) is 5.69 Å². The molecule has 3 atom stereocenters. The molecule has 200 valence electrons. The fraction of sp³-hybridized carbons (Fsp3) is 0.393. The molecule has 2 aliphatic rings. The molecule has 0 amide bonds. The van der Waals surface area contributed by atoms with Gasteiger partial charge in [-0.2, -0.15) is 0 Å². The zero-order chi connectivity index (χ0) is 27.2. The first-order chi connectivity index (χ1) is 18.3. The quantitative estimate of drug-likeness (QED) is 0.186. The topological polar surface area (TPSA) is 130 Å². The van der Waals surface area contributed by atoms with E-state index < -0.39 is 28.7 Å². The summed E-state index contributed by atoms with van der Waals surface area (Å²) < 4.78 is 21.7. The van der Waals surface area contributed by atoms with E-state index >= 15 is 0 Å². The molecule has 10 heteroatoms. The summed E-state index contributed by atoms with van der Waals surface area (Å²) in [7, 11) is 0. The lowest BCUT2D eigenvalue weighted by Gasteiger charge is -2.31. The van der Waals surface area contributed by atoms with Crippen LogP contribution in [0.2, 0.25) is 0 Å². The molecule has 2 heterocycles. The Morgan fingerprint density at radius 3 is 2.53 bits per heavy atom. The number of carbonyl (C=O) groups is 2. The molecule has 0 aromatic heterocycles. The zero-order valence-electron chi connectivity index (χ0n) is 21.5. The molecule has 4 rings (SSSR count). The zero-order valence-corrected chi connectivity index (χ0v) is 21.5. The van der Waals surface area contributed by atoms with Gasteiger partial charge in [-0.05, 0) is 44.0 Å². The minimum absolute atomic E-state index is 0.0974. The highest BCUT2D eigenvalue weighted by Crippen LogP contribution is 2.41. The van der Waals surface area contributed by atoms with Crippen LogP contribution in [0, 0.1) is 16.0 Å². The molecule has 3 unspecified atom stereocenters. The van der Waals surface area contributed by atoms with Gasteiger partial charge in [-0.25, -0.2) is 4.79 Å². The number of allylic oxidation sites excluding steroid dienone is 1. The number of hydrogen-bond donors (Lipinski definition) is 0. The Labute approximate surface area is 220 Å². The van der Waals surface area contributed by atoms with E-state index in [0.29, 0.717) is 30.0 Å². The number of carbonyl (C=O) groups excluding carboxylic acids is 2. The lowest BCUT2D eigenvalue weighted by atomic mass is 9.75. The average molecular weight is 523 g/mol. The maximum Gasteiger partial charge on any atom is 0.336 e. The second-order valence-corrected chi connectivity index (χ2v) is 9.11. The first kappa shape index (κ1) is 27.0. The molecule has 2 aliphatic heterocycles. The molecule has 2 aromatic rings. The van der Waals surface area contributed by atoms with Gasteiger partial charge >= 0.3 is 11.9 Å². The van der Waals surface area contributed by atoms with Gasteiger partial charge in [0.05, 0.1) is 30.3 Å².